The van der Waals surface area contributed by atoms with Crippen molar-refractivity contribution in [2.75, 3.05) is 13.7 Å². The molecule has 0 fully saturated rings. The van der Waals surface area contributed by atoms with Gasteiger partial charge in [0.15, 0.2) is 0 Å². The first-order chi connectivity index (χ1) is 9.19. The summed E-state index contributed by atoms with van der Waals surface area (Å²) in [6.07, 6.45) is 1.67. The summed E-state index contributed by atoms with van der Waals surface area (Å²) in [4.78, 5) is 11.1. The van der Waals surface area contributed by atoms with Gasteiger partial charge in [0.1, 0.15) is 18.1 Å². The van der Waals surface area contributed by atoms with Gasteiger partial charge in [-0.25, -0.2) is 4.79 Å². The molecule has 4 heteroatoms. The minimum Gasteiger partial charge on any atom is -0.497 e. The van der Waals surface area contributed by atoms with Crippen LogP contribution in [0, 0.1) is 0 Å². The molecule has 1 N–H and O–H groups in total. The Kier molecular flexibility index (Phi) is 2.63. The number of hydrogen-bond acceptors (Lipinski definition) is 3. The van der Waals surface area contributed by atoms with Crippen LogP contribution >= 0.6 is 0 Å². The van der Waals surface area contributed by atoms with Crippen molar-refractivity contribution in [3.8, 4) is 11.5 Å². The average Bonchev–Trinajstić information content (AvgIpc) is 2.45. The molecular formula is C15H12O4. The number of carboxylic acids is 1. The Hall–Kier alpha value is -2.49. The van der Waals surface area contributed by atoms with E-state index in [9.17, 15) is 4.79 Å². The van der Waals surface area contributed by atoms with Crippen molar-refractivity contribution < 1.29 is 19.4 Å². The summed E-state index contributed by atoms with van der Waals surface area (Å²) in [7, 11) is 1.60. The van der Waals surface area contributed by atoms with Crippen LogP contribution in [0.25, 0.3) is 16.8 Å². The zero-order valence-electron chi connectivity index (χ0n) is 10.3. The number of ether oxygens (including phenoxy) is 2. The van der Waals surface area contributed by atoms with Gasteiger partial charge in [-0.3, -0.25) is 0 Å². The molecule has 0 bridgehead atoms. The lowest BCUT2D eigenvalue weighted by Gasteiger charge is -2.17. The van der Waals surface area contributed by atoms with Gasteiger partial charge in [-0.05, 0) is 35.0 Å². The molecule has 0 saturated carbocycles. The number of methoxy groups -OCH3 is 1. The molecule has 0 radical (unpaired) electrons. The lowest BCUT2D eigenvalue weighted by atomic mass is 9.99. The first-order valence-electron chi connectivity index (χ1n) is 5.86. The molecule has 0 amide bonds. The monoisotopic (exact) mass is 256 g/mol. The van der Waals surface area contributed by atoms with Crippen molar-refractivity contribution in [3.63, 3.8) is 0 Å². The largest absolute Gasteiger partial charge is 0.497 e. The minimum atomic E-state index is -0.953. The van der Waals surface area contributed by atoms with Crippen molar-refractivity contribution in [3.05, 3.63) is 41.5 Å². The van der Waals surface area contributed by atoms with Crippen LogP contribution in [0.2, 0.25) is 0 Å². The van der Waals surface area contributed by atoms with E-state index in [0.717, 1.165) is 22.1 Å². The molecule has 0 saturated heterocycles. The smallest absolute Gasteiger partial charge is 0.335 e. The predicted molar refractivity (Wildman–Crippen MR) is 71.6 cm³/mol. The van der Waals surface area contributed by atoms with E-state index in [0.29, 0.717) is 5.75 Å². The predicted octanol–water partition coefficient (Wildman–Crippen LogP) is 2.71. The zero-order valence-corrected chi connectivity index (χ0v) is 10.3. The van der Waals surface area contributed by atoms with Gasteiger partial charge in [0.2, 0.25) is 0 Å². The molecule has 1 heterocycles. The SMILES string of the molecule is COc1ccc2ccc3c(c2c1)C=C(C(=O)O)CO3. The van der Waals surface area contributed by atoms with Crippen molar-refractivity contribution in [1.29, 1.82) is 0 Å². The van der Waals surface area contributed by atoms with Gasteiger partial charge in [0.05, 0.1) is 12.7 Å². The Labute approximate surface area is 109 Å². The third-order valence-electron chi connectivity index (χ3n) is 3.21. The number of aliphatic carboxylic acids is 1. The van der Waals surface area contributed by atoms with E-state index in [1.165, 1.54) is 0 Å². The van der Waals surface area contributed by atoms with Gasteiger partial charge in [-0.2, -0.15) is 0 Å². The van der Waals surface area contributed by atoms with Crippen LogP contribution in [-0.2, 0) is 4.79 Å². The Morgan fingerprint density at radius 2 is 2.11 bits per heavy atom. The van der Waals surface area contributed by atoms with E-state index in [-0.39, 0.29) is 12.2 Å². The van der Waals surface area contributed by atoms with E-state index in [4.69, 9.17) is 14.6 Å². The van der Waals surface area contributed by atoms with Gasteiger partial charge in [-0.1, -0.05) is 12.1 Å². The van der Waals surface area contributed by atoms with Crippen LogP contribution in [-0.4, -0.2) is 24.8 Å². The maximum atomic E-state index is 11.1. The Balaban J connectivity index is 2.27. The molecule has 19 heavy (non-hydrogen) atoms. The minimum absolute atomic E-state index is 0.0950. The van der Waals surface area contributed by atoms with Crippen LogP contribution in [0.4, 0.5) is 0 Å². The van der Waals surface area contributed by atoms with Gasteiger partial charge in [-0.15, -0.1) is 0 Å². The van der Waals surface area contributed by atoms with E-state index in [2.05, 4.69) is 0 Å². The van der Waals surface area contributed by atoms with Gasteiger partial charge >= 0.3 is 5.97 Å². The number of carbonyl (C=O) groups is 1. The second-order valence-corrected chi connectivity index (χ2v) is 4.33. The van der Waals surface area contributed by atoms with Crippen molar-refractivity contribution in [1.82, 2.24) is 0 Å². The van der Waals surface area contributed by atoms with Crippen LogP contribution < -0.4 is 9.47 Å². The van der Waals surface area contributed by atoms with E-state index in [1.54, 1.807) is 13.2 Å². The third kappa shape index (κ3) is 1.91. The Morgan fingerprint density at radius 3 is 2.84 bits per heavy atom. The maximum absolute atomic E-state index is 11.1. The van der Waals surface area contributed by atoms with Crippen LogP contribution in [0.3, 0.4) is 0 Å². The number of fused-ring (bicyclic) bond motifs is 3. The maximum Gasteiger partial charge on any atom is 0.335 e. The first-order valence-corrected chi connectivity index (χ1v) is 5.86. The highest BCUT2D eigenvalue weighted by Gasteiger charge is 2.18. The quantitative estimate of drug-likeness (QED) is 0.897. The summed E-state index contributed by atoms with van der Waals surface area (Å²) >= 11 is 0. The number of rotatable bonds is 2. The fraction of sp³-hybridized carbons (Fsp3) is 0.133. The second kappa shape index (κ2) is 4.31. The van der Waals surface area contributed by atoms with Crippen molar-refractivity contribution >= 4 is 22.8 Å². The van der Waals surface area contributed by atoms with E-state index < -0.39 is 5.97 Å². The molecule has 96 valence electrons. The number of benzene rings is 2. The zero-order chi connectivity index (χ0) is 13.4. The van der Waals surface area contributed by atoms with Crippen LogP contribution in [0.5, 0.6) is 11.5 Å². The summed E-state index contributed by atoms with van der Waals surface area (Å²) in [6, 6.07) is 9.52. The molecule has 4 nitrogen and oxygen atoms in total. The summed E-state index contributed by atoms with van der Waals surface area (Å²) in [5.74, 6) is 0.480. The highest BCUT2D eigenvalue weighted by atomic mass is 16.5. The van der Waals surface area contributed by atoms with Gasteiger partial charge < -0.3 is 14.6 Å². The van der Waals surface area contributed by atoms with Gasteiger partial charge in [0, 0.05) is 5.56 Å². The lowest BCUT2D eigenvalue weighted by Crippen LogP contribution is -2.14. The topological polar surface area (TPSA) is 55.8 Å². The molecule has 1 aliphatic rings. The summed E-state index contributed by atoms with van der Waals surface area (Å²) < 4.78 is 10.7. The normalized spacial score (nSPS) is 13.4. The fourth-order valence-corrected chi connectivity index (χ4v) is 2.20. The molecule has 0 spiro atoms. The van der Waals surface area contributed by atoms with Gasteiger partial charge in [0.25, 0.3) is 0 Å². The molecule has 2 aromatic rings. The third-order valence-corrected chi connectivity index (χ3v) is 3.21. The van der Waals surface area contributed by atoms with E-state index in [1.807, 2.05) is 30.3 Å². The van der Waals surface area contributed by atoms with Crippen LogP contribution in [0.1, 0.15) is 5.56 Å². The molecule has 0 aliphatic carbocycles. The Morgan fingerprint density at radius 1 is 1.32 bits per heavy atom. The molecule has 3 rings (SSSR count). The lowest BCUT2D eigenvalue weighted by molar-refractivity contribution is -0.132. The van der Waals surface area contributed by atoms with Crippen LogP contribution in [0.15, 0.2) is 35.9 Å². The molecule has 2 aromatic carbocycles. The molecule has 0 atom stereocenters. The highest BCUT2D eigenvalue weighted by molar-refractivity contribution is 6.00. The van der Waals surface area contributed by atoms with E-state index >= 15 is 0 Å². The molecule has 0 aromatic heterocycles. The first kappa shape index (κ1) is 11.6. The average molecular weight is 256 g/mol. The summed E-state index contributed by atoms with van der Waals surface area (Å²) in [5, 5.41) is 11.0. The van der Waals surface area contributed by atoms with Crippen molar-refractivity contribution in [2.45, 2.75) is 0 Å². The number of carboxylic acid groups (broad SMARTS) is 1. The summed E-state index contributed by atoms with van der Waals surface area (Å²) in [6.45, 7) is 0.0950. The Bertz CT molecular complexity index is 701. The molecular weight excluding hydrogens is 244 g/mol. The highest BCUT2D eigenvalue weighted by Crippen LogP contribution is 2.34. The summed E-state index contributed by atoms with van der Waals surface area (Å²) in [5.41, 5.74) is 1.04. The molecule has 0 unspecified atom stereocenters. The van der Waals surface area contributed by atoms with Crippen molar-refractivity contribution in [2.24, 2.45) is 0 Å². The fourth-order valence-electron chi connectivity index (χ4n) is 2.20. The molecule has 1 aliphatic heterocycles. The second-order valence-electron chi connectivity index (χ2n) is 4.33. The standard InChI is InChI=1S/C15H12O4/c1-18-11-4-2-9-3-5-14-13(12(9)7-11)6-10(8-19-14)15(16)17/h2-7H,8H2,1H3,(H,16,17). The number of hydrogen-bond donors (Lipinski definition) is 1.